The Kier molecular flexibility index (Phi) is 5.76. The molecule has 3 aromatic rings. The molecule has 0 radical (unpaired) electrons. The van der Waals surface area contributed by atoms with Crippen molar-refractivity contribution in [3.63, 3.8) is 0 Å². The summed E-state index contributed by atoms with van der Waals surface area (Å²) < 4.78 is 5.42. The van der Waals surface area contributed by atoms with Gasteiger partial charge in [0, 0.05) is 5.02 Å². The van der Waals surface area contributed by atoms with Crippen LogP contribution >= 0.6 is 11.6 Å². The summed E-state index contributed by atoms with van der Waals surface area (Å²) >= 11 is 6.29. The molecule has 0 aromatic heterocycles. The number of benzene rings is 3. The maximum absolute atomic E-state index is 13.6. The molecule has 1 N–H and O–H groups in total. The van der Waals surface area contributed by atoms with Gasteiger partial charge in [-0.3, -0.25) is 9.59 Å². The molecule has 32 heavy (non-hydrogen) atoms. The van der Waals surface area contributed by atoms with Gasteiger partial charge in [0.15, 0.2) is 0 Å². The predicted molar refractivity (Wildman–Crippen MR) is 128 cm³/mol. The molecule has 0 spiro atoms. The Morgan fingerprint density at radius 3 is 2.25 bits per heavy atom. The van der Waals surface area contributed by atoms with E-state index in [1.54, 1.807) is 37.4 Å². The number of carbonyl (C=O) groups is 2. The van der Waals surface area contributed by atoms with Gasteiger partial charge in [0.05, 0.1) is 24.1 Å². The zero-order valence-electron chi connectivity index (χ0n) is 18.3. The van der Waals surface area contributed by atoms with E-state index in [4.69, 9.17) is 16.3 Å². The lowest BCUT2D eigenvalue weighted by Crippen LogP contribution is -2.32. The van der Waals surface area contributed by atoms with Gasteiger partial charge < -0.3 is 10.1 Å². The van der Waals surface area contributed by atoms with Crippen LogP contribution in [-0.4, -0.2) is 18.9 Å². The number of imide groups is 1. The highest BCUT2D eigenvalue weighted by Gasteiger charge is 2.40. The van der Waals surface area contributed by atoms with Gasteiger partial charge in [-0.05, 0) is 67.3 Å². The summed E-state index contributed by atoms with van der Waals surface area (Å²) in [5, 5.41) is 3.65. The quantitative estimate of drug-likeness (QED) is 0.513. The van der Waals surface area contributed by atoms with Crippen LogP contribution < -0.4 is 15.0 Å². The first kappa shape index (κ1) is 21.7. The zero-order chi connectivity index (χ0) is 23.0. The Morgan fingerprint density at radius 2 is 1.56 bits per heavy atom. The highest BCUT2D eigenvalue weighted by molar-refractivity contribution is 6.46. The van der Waals surface area contributed by atoms with Gasteiger partial charge in [0.25, 0.3) is 11.8 Å². The minimum absolute atomic E-state index is 0.194. The van der Waals surface area contributed by atoms with E-state index in [2.05, 4.69) is 5.32 Å². The fourth-order valence-corrected chi connectivity index (χ4v) is 3.82. The van der Waals surface area contributed by atoms with Crippen molar-refractivity contribution >= 4 is 40.4 Å². The van der Waals surface area contributed by atoms with Gasteiger partial charge in [-0.25, -0.2) is 4.90 Å². The number of rotatable bonds is 5. The van der Waals surface area contributed by atoms with Crippen LogP contribution in [0.1, 0.15) is 22.3 Å². The zero-order valence-corrected chi connectivity index (χ0v) is 19.1. The van der Waals surface area contributed by atoms with E-state index in [1.165, 1.54) is 0 Å². The van der Waals surface area contributed by atoms with Crippen molar-refractivity contribution in [2.45, 2.75) is 20.8 Å². The van der Waals surface area contributed by atoms with Crippen LogP contribution in [0.25, 0.3) is 5.57 Å². The molecule has 0 bridgehead atoms. The number of halogens is 1. The molecular formula is C26H23ClN2O3. The average Bonchev–Trinajstić information content (AvgIpc) is 3.02. The van der Waals surface area contributed by atoms with Crippen LogP contribution in [0.3, 0.4) is 0 Å². The molecule has 0 unspecified atom stereocenters. The van der Waals surface area contributed by atoms with Gasteiger partial charge >= 0.3 is 0 Å². The van der Waals surface area contributed by atoms with E-state index in [0.29, 0.717) is 33.3 Å². The number of anilines is 2. The van der Waals surface area contributed by atoms with Crippen molar-refractivity contribution in [2.75, 3.05) is 17.3 Å². The predicted octanol–water partition coefficient (Wildman–Crippen LogP) is 5.67. The maximum atomic E-state index is 13.6. The third-order valence-electron chi connectivity index (χ3n) is 5.66. The number of para-hydroxylation sites is 2. The second-order valence-electron chi connectivity index (χ2n) is 7.75. The lowest BCUT2D eigenvalue weighted by molar-refractivity contribution is -0.120. The minimum Gasteiger partial charge on any atom is -0.495 e. The first-order valence-corrected chi connectivity index (χ1v) is 10.6. The average molecular weight is 447 g/mol. The van der Waals surface area contributed by atoms with E-state index >= 15 is 0 Å². The summed E-state index contributed by atoms with van der Waals surface area (Å²) in [6, 6.07) is 18.1. The van der Waals surface area contributed by atoms with E-state index in [9.17, 15) is 9.59 Å². The van der Waals surface area contributed by atoms with Crippen LogP contribution in [0.15, 0.2) is 66.4 Å². The molecule has 6 heteroatoms. The number of ether oxygens (including phenoxy) is 1. The van der Waals surface area contributed by atoms with Gasteiger partial charge in [-0.1, -0.05) is 48.0 Å². The lowest BCUT2D eigenvalue weighted by atomic mass is 9.99. The number of methoxy groups -OCH3 is 1. The van der Waals surface area contributed by atoms with E-state index in [1.807, 2.05) is 51.1 Å². The summed E-state index contributed by atoms with van der Waals surface area (Å²) in [6.07, 6.45) is 0. The number of amides is 2. The summed E-state index contributed by atoms with van der Waals surface area (Å²) in [6.45, 7) is 5.85. The maximum Gasteiger partial charge on any atom is 0.282 e. The molecule has 0 aliphatic carbocycles. The standard InChI is InChI=1S/C26H23ClN2O3/c1-15-9-11-18(13-17(15)3)23-24(28-21-7-5-6-8-22(21)32-4)26(31)29(25(23)30)19-12-10-16(2)20(27)14-19/h5-14,28H,1-4H3. The Labute approximate surface area is 192 Å². The molecule has 162 valence electrons. The van der Waals surface area contributed by atoms with Crippen LogP contribution in [-0.2, 0) is 9.59 Å². The van der Waals surface area contributed by atoms with Gasteiger partial charge in [0.2, 0.25) is 0 Å². The highest BCUT2D eigenvalue weighted by atomic mass is 35.5. The highest BCUT2D eigenvalue weighted by Crippen LogP contribution is 2.37. The molecule has 1 aliphatic rings. The molecule has 0 fully saturated rings. The summed E-state index contributed by atoms with van der Waals surface area (Å²) in [5.74, 6) is -0.291. The fraction of sp³-hybridized carbons (Fsp3) is 0.154. The summed E-state index contributed by atoms with van der Waals surface area (Å²) in [5.41, 5.74) is 5.19. The first-order valence-electron chi connectivity index (χ1n) is 10.2. The number of carbonyl (C=O) groups excluding carboxylic acids is 2. The van der Waals surface area contributed by atoms with Gasteiger partial charge in [-0.2, -0.15) is 0 Å². The number of hydrogen-bond donors (Lipinski definition) is 1. The van der Waals surface area contributed by atoms with E-state index < -0.39 is 11.8 Å². The van der Waals surface area contributed by atoms with Crippen LogP contribution in [0, 0.1) is 20.8 Å². The second kappa shape index (κ2) is 8.52. The summed E-state index contributed by atoms with van der Waals surface area (Å²) in [4.78, 5) is 28.3. The molecule has 0 atom stereocenters. The Bertz CT molecular complexity index is 1280. The van der Waals surface area contributed by atoms with Crippen molar-refractivity contribution in [3.8, 4) is 5.75 Å². The minimum atomic E-state index is -0.450. The van der Waals surface area contributed by atoms with Crippen molar-refractivity contribution in [2.24, 2.45) is 0 Å². The monoisotopic (exact) mass is 446 g/mol. The third kappa shape index (κ3) is 3.76. The lowest BCUT2D eigenvalue weighted by Gasteiger charge is -2.16. The Hall–Kier alpha value is -3.57. The molecule has 1 aliphatic heterocycles. The van der Waals surface area contributed by atoms with Crippen LogP contribution in [0.4, 0.5) is 11.4 Å². The van der Waals surface area contributed by atoms with Crippen molar-refractivity contribution in [1.29, 1.82) is 0 Å². The molecular weight excluding hydrogens is 424 g/mol. The first-order chi connectivity index (χ1) is 15.3. The smallest absolute Gasteiger partial charge is 0.282 e. The van der Waals surface area contributed by atoms with Crippen molar-refractivity contribution in [3.05, 3.63) is 93.6 Å². The molecule has 5 nitrogen and oxygen atoms in total. The molecule has 0 saturated carbocycles. The number of hydrogen-bond acceptors (Lipinski definition) is 4. The van der Waals surface area contributed by atoms with Crippen LogP contribution in [0.2, 0.25) is 5.02 Å². The number of nitrogens with one attached hydrogen (secondary N) is 1. The fourth-order valence-electron chi connectivity index (χ4n) is 3.65. The molecule has 2 amide bonds. The normalized spacial score (nSPS) is 13.7. The number of nitrogens with zero attached hydrogens (tertiary/aromatic N) is 1. The van der Waals surface area contributed by atoms with E-state index in [0.717, 1.165) is 21.6 Å². The van der Waals surface area contributed by atoms with Crippen LogP contribution in [0.5, 0.6) is 5.75 Å². The molecule has 1 heterocycles. The van der Waals surface area contributed by atoms with Gasteiger partial charge in [-0.15, -0.1) is 0 Å². The summed E-state index contributed by atoms with van der Waals surface area (Å²) in [7, 11) is 1.56. The largest absolute Gasteiger partial charge is 0.495 e. The molecule has 0 saturated heterocycles. The Balaban J connectivity index is 1.87. The van der Waals surface area contributed by atoms with Crippen molar-refractivity contribution in [1.82, 2.24) is 0 Å². The van der Waals surface area contributed by atoms with Crippen molar-refractivity contribution < 1.29 is 14.3 Å². The molecule has 3 aromatic carbocycles. The van der Waals surface area contributed by atoms with E-state index in [-0.39, 0.29) is 5.70 Å². The molecule has 4 rings (SSSR count). The Morgan fingerprint density at radius 1 is 0.844 bits per heavy atom. The third-order valence-corrected chi connectivity index (χ3v) is 6.07. The number of aryl methyl sites for hydroxylation is 3. The SMILES string of the molecule is COc1ccccc1NC1=C(c2ccc(C)c(C)c2)C(=O)N(c2ccc(C)c(Cl)c2)C1=O. The topological polar surface area (TPSA) is 58.6 Å². The second-order valence-corrected chi connectivity index (χ2v) is 8.16. The van der Waals surface area contributed by atoms with Gasteiger partial charge in [0.1, 0.15) is 11.4 Å².